The van der Waals surface area contributed by atoms with Crippen LogP contribution >= 0.6 is 11.8 Å². The predicted molar refractivity (Wildman–Crippen MR) is 142 cm³/mol. The number of thioether (sulfide) groups is 1. The minimum Gasteiger partial charge on any atom is -0.472 e. The summed E-state index contributed by atoms with van der Waals surface area (Å²) in [6.07, 6.45) is 17.2. The number of hydrogen-bond donors (Lipinski definition) is 2. The third kappa shape index (κ3) is 3.85. The van der Waals surface area contributed by atoms with Crippen molar-refractivity contribution in [2.24, 2.45) is 11.3 Å². The quantitative estimate of drug-likeness (QED) is 0.615. The lowest BCUT2D eigenvalue weighted by Gasteiger charge is -2.54. The number of hydrogen-bond acceptors (Lipinski definition) is 5. The van der Waals surface area contributed by atoms with Crippen LogP contribution in [0.4, 0.5) is 0 Å². The van der Waals surface area contributed by atoms with E-state index in [9.17, 15) is 5.11 Å². The van der Waals surface area contributed by atoms with Crippen LogP contribution in [-0.2, 0) is 0 Å². The van der Waals surface area contributed by atoms with Gasteiger partial charge in [0.25, 0.3) is 0 Å². The van der Waals surface area contributed by atoms with Crippen molar-refractivity contribution in [3.63, 3.8) is 0 Å². The largest absolute Gasteiger partial charge is 0.472 e. The van der Waals surface area contributed by atoms with Gasteiger partial charge in [0, 0.05) is 35.9 Å². The third-order valence-electron chi connectivity index (χ3n) is 11.1. The molecule has 7 rings (SSSR count). The van der Waals surface area contributed by atoms with E-state index >= 15 is 0 Å². The van der Waals surface area contributed by atoms with E-state index in [4.69, 9.17) is 8.83 Å². The lowest BCUT2D eigenvalue weighted by Crippen LogP contribution is -3.24. The number of nitrogens with one attached hydrogen (secondary N) is 1. The number of aliphatic hydroxyl groups is 1. The molecule has 5 aliphatic heterocycles. The molecule has 7 heterocycles. The number of piperidine rings is 4. The van der Waals surface area contributed by atoms with E-state index in [2.05, 4.69) is 42.6 Å². The minimum absolute atomic E-state index is 0.219. The van der Waals surface area contributed by atoms with Crippen LogP contribution in [0.2, 0.25) is 0 Å². The fourth-order valence-electron chi connectivity index (χ4n) is 9.36. The molecule has 10 atom stereocenters. The molecule has 2 spiro atoms. The van der Waals surface area contributed by atoms with Gasteiger partial charge in [0.15, 0.2) is 0 Å². The first kappa shape index (κ1) is 23.9. The molecule has 0 amide bonds. The van der Waals surface area contributed by atoms with Gasteiger partial charge in [0.05, 0.1) is 42.4 Å². The smallest absolute Gasteiger partial charge is 0.121 e. The van der Waals surface area contributed by atoms with E-state index < -0.39 is 0 Å². The summed E-state index contributed by atoms with van der Waals surface area (Å²) in [5, 5.41) is 11.7. The number of fused-ring (bicyclic) bond motifs is 2. The Balaban J connectivity index is 1.13. The molecule has 0 aliphatic carbocycles. The van der Waals surface area contributed by atoms with Crippen LogP contribution in [-0.4, -0.2) is 57.8 Å². The monoisotopic (exact) mass is 511 g/mol. The first-order valence-electron chi connectivity index (χ1n) is 14.4. The molecule has 0 aromatic carbocycles. The molecule has 2 N–H and O–H groups in total. The number of nitrogens with zero attached hydrogens (tertiary/aromatic N) is 1. The molecule has 3 unspecified atom stereocenters. The molecule has 36 heavy (non-hydrogen) atoms. The van der Waals surface area contributed by atoms with Gasteiger partial charge in [-0.2, -0.15) is 0 Å². The number of aliphatic hydroxyl groups excluding tert-OH is 1. The summed E-state index contributed by atoms with van der Waals surface area (Å²) >= 11 is 2.23. The van der Waals surface area contributed by atoms with E-state index in [1.807, 2.05) is 18.8 Å². The van der Waals surface area contributed by atoms with Gasteiger partial charge in [-0.05, 0) is 87.3 Å². The van der Waals surface area contributed by atoms with Gasteiger partial charge in [0.1, 0.15) is 12.1 Å². The fraction of sp³-hybridized carbons (Fsp3) is 0.733. The summed E-state index contributed by atoms with van der Waals surface area (Å²) in [6, 6.07) is 6.45. The molecule has 5 saturated heterocycles. The van der Waals surface area contributed by atoms with Crippen LogP contribution in [0, 0.1) is 11.3 Å². The van der Waals surface area contributed by atoms with E-state index in [0.29, 0.717) is 35.5 Å². The standard InChI is InChI=1S/C30H42N2O3S/c1-20-3-6-26(23-9-12-35-15-23)32-17-29(10-7-25(20)32)16-30(36-19-29)13-27(33)28-24(22-8-11-34-14-22)5-4-21(2)31(28)18-30/h8-9,11-12,14-15,20-21,24-28,33H,3-7,10,13,16-19H2,1-2H3/p+1/t20-,21-,24+,25+,26?,27-,28?,29+,30+/m1/s1. The molecule has 0 radical (unpaired) electrons. The van der Waals surface area contributed by atoms with Crippen molar-refractivity contribution in [3.05, 3.63) is 48.3 Å². The molecule has 5 aliphatic rings. The Labute approximate surface area is 220 Å². The van der Waals surface area contributed by atoms with Crippen LogP contribution in [0.1, 0.15) is 88.3 Å². The third-order valence-corrected chi connectivity index (χ3v) is 12.9. The Hall–Kier alpha value is -1.21. The maximum Gasteiger partial charge on any atom is 0.121 e. The minimum atomic E-state index is -0.232. The van der Waals surface area contributed by atoms with Crippen molar-refractivity contribution < 1.29 is 18.8 Å². The average molecular weight is 512 g/mol. The Bertz CT molecular complexity index is 1040. The SMILES string of the molecule is C[C@@H]1CCC(c2ccoc2)N2C[C@@]3(CC[C@@H]12)CS[C@@]1(C[C@@H](O)C2[C@H](c4ccoc4)CC[C@@H](C)[NH+]2C1)C3. The molecule has 2 aromatic rings. The van der Waals surface area contributed by atoms with Gasteiger partial charge >= 0.3 is 0 Å². The van der Waals surface area contributed by atoms with E-state index in [-0.39, 0.29) is 10.9 Å². The Morgan fingerprint density at radius 1 is 1.03 bits per heavy atom. The second kappa shape index (κ2) is 8.93. The molecule has 196 valence electrons. The molecule has 2 aromatic heterocycles. The Morgan fingerprint density at radius 2 is 1.83 bits per heavy atom. The summed E-state index contributed by atoms with van der Waals surface area (Å²) in [4.78, 5) is 4.54. The van der Waals surface area contributed by atoms with Gasteiger partial charge in [-0.25, -0.2) is 0 Å². The lowest BCUT2D eigenvalue weighted by molar-refractivity contribution is -0.965. The number of rotatable bonds is 2. The zero-order valence-electron chi connectivity index (χ0n) is 21.9. The van der Waals surface area contributed by atoms with E-state index in [1.165, 1.54) is 74.9 Å². The van der Waals surface area contributed by atoms with Crippen molar-refractivity contribution >= 4 is 11.8 Å². The van der Waals surface area contributed by atoms with Gasteiger partial charge in [-0.1, -0.05) is 6.92 Å². The second-order valence-electron chi connectivity index (χ2n) is 13.2. The maximum atomic E-state index is 11.7. The topological polar surface area (TPSA) is 54.2 Å². The van der Waals surface area contributed by atoms with Gasteiger partial charge in [-0.15, -0.1) is 11.8 Å². The summed E-state index contributed by atoms with van der Waals surface area (Å²) in [5.74, 6) is 2.46. The highest BCUT2D eigenvalue weighted by Crippen LogP contribution is 2.58. The second-order valence-corrected chi connectivity index (χ2v) is 14.7. The predicted octanol–water partition coefficient (Wildman–Crippen LogP) is 4.65. The molecule has 0 saturated carbocycles. The zero-order valence-corrected chi connectivity index (χ0v) is 22.7. The molecule has 0 bridgehead atoms. The van der Waals surface area contributed by atoms with Crippen molar-refractivity contribution in [2.75, 3.05) is 18.8 Å². The summed E-state index contributed by atoms with van der Waals surface area (Å²) in [5.41, 5.74) is 3.05. The first-order chi connectivity index (χ1) is 17.5. The first-order valence-corrected chi connectivity index (χ1v) is 15.4. The van der Waals surface area contributed by atoms with Crippen LogP contribution < -0.4 is 4.90 Å². The van der Waals surface area contributed by atoms with Gasteiger partial charge in [-0.3, -0.25) is 4.90 Å². The molecular weight excluding hydrogens is 468 g/mol. The Kier molecular flexibility index (Phi) is 5.92. The molecular formula is C30H43N2O3S+. The highest BCUT2D eigenvalue weighted by Gasteiger charge is 2.60. The van der Waals surface area contributed by atoms with Crippen LogP contribution in [0.3, 0.4) is 0 Å². The molecule has 6 heteroatoms. The maximum absolute atomic E-state index is 11.7. The van der Waals surface area contributed by atoms with Crippen LogP contribution in [0.15, 0.2) is 46.0 Å². The fourth-order valence-corrected chi connectivity index (χ4v) is 11.3. The van der Waals surface area contributed by atoms with Gasteiger partial charge in [0.2, 0.25) is 0 Å². The molecule has 5 fully saturated rings. The Morgan fingerprint density at radius 3 is 2.61 bits per heavy atom. The lowest BCUT2D eigenvalue weighted by atomic mass is 9.66. The highest BCUT2D eigenvalue weighted by molar-refractivity contribution is 8.01. The van der Waals surface area contributed by atoms with Crippen molar-refractivity contribution in [3.8, 4) is 0 Å². The average Bonchev–Trinajstić information content (AvgIpc) is 3.63. The number of furan rings is 2. The van der Waals surface area contributed by atoms with Crippen LogP contribution in [0.25, 0.3) is 0 Å². The normalized spacial score (nSPS) is 47.2. The summed E-state index contributed by atoms with van der Waals surface area (Å²) in [6.45, 7) is 7.32. The summed E-state index contributed by atoms with van der Waals surface area (Å²) < 4.78 is 11.2. The van der Waals surface area contributed by atoms with E-state index in [1.54, 1.807) is 11.2 Å². The van der Waals surface area contributed by atoms with Crippen molar-refractivity contribution in [1.29, 1.82) is 0 Å². The zero-order chi connectivity index (χ0) is 24.5. The van der Waals surface area contributed by atoms with E-state index in [0.717, 1.165) is 12.3 Å². The van der Waals surface area contributed by atoms with Crippen molar-refractivity contribution in [1.82, 2.24) is 4.90 Å². The number of quaternary nitrogens is 1. The van der Waals surface area contributed by atoms with Crippen molar-refractivity contribution in [2.45, 2.75) is 106 Å². The highest BCUT2D eigenvalue weighted by atomic mass is 32.2. The van der Waals surface area contributed by atoms with Gasteiger partial charge < -0.3 is 18.8 Å². The van der Waals surface area contributed by atoms with Crippen LogP contribution in [0.5, 0.6) is 0 Å². The molecule has 5 nitrogen and oxygen atoms in total. The summed E-state index contributed by atoms with van der Waals surface area (Å²) in [7, 11) is 0.